The molecule has 0 aliphatic carbocycles. The lowest BCUT2D eigenvalue weighted by atomic mass is 9.76. The maximum atomic E-state index is 11.5. The van der Waals surface area contributed by atoms with Crippen LogP contribution in [0.1, 0.15) is 25.0 Å². The molecule has 0 radical (unpaired) electrons. The van der Waals surface area contributed by atoms with Crippen LogP contribution >= 0.6 is 0 Å². The van der Waals surface area contributed by atoms with Gasteiger partial charge < -0.3 is 14.4 Å². The first kappa shape index (κ1) is 16.1. The molecule has 1 spiro atoms. The van der Waals surface area contributed by atoms with Gasteiger partial charge in [0.1, 0.15) is 12.0 Å². The van der Waals surface area contributed by atoms with Crippen molar-refractivity contribution in [3.8, 4) is 5.75 Å². The number of hydrogen-bond donors (Lipinski definition) is 0. The van der Waals surface area contributed by atoms with Crippen molar-refractivity contribution in [3.05, 3.63) is 77.9 Å². The lowest BCUT2D eigenvalue weighted by Crippen LogP contribution is -2.60. The van der Waals surface area contributed by atoms with Crippen molar-refractivity contribution in [2.24, 2.45) is 0 Å². The van der Waals surface area contributed by atoms with Gasteiger partial charge in [0.15, 0.2) is 0 Å². The maximum absolute atomic E-state index is 11.5. The number of carbonyl (C=O) groups excluding carboxylic acids is 1. The number of rotatable bonds is 2. The Balaban J connectivity index is 1.73. The Morgan fingerprint density at radius 3 is 2.63 bits per heavy atom. The molecule has 0 bridgehead atoms. The molecule has 3 aromatic carbocycles. The van der Waals surface area contributed by atoms with E-state index in [1.165, 1.54) is 16.3 Å². The standard InChI is InChI=1S/C24H21NO2/c1-23(2)20-9-5-6-10-21(20)25(15-16-26)24(23)14-13-19-18-8-4-3-7-17(18)11-12-22(19)27-24/h3-14,16H,15H2,1-2H3. The molecule has 0 N–H and O–H groups in total. The predicted octanol–water partition coefficient (Wildman–Crippen LogP) is 4.94. The van der Waals surface area contributed by atoms with Gasteiger partial charge in [-0.25, -0.2) is 0 Å². The SMILES string of the molecule is CC1(C)c2ccccc2N(CC=O)C12C=Cc1c(ccc3ccccc13)O2. The fourth-order valence-electron chi connectivity index (χ4n) is 4.67. The van der Waals surface area contributed by atoms with Gasteiger partial charge in [0.2, 0.25) is 5.72 Å². The van der Waals surface area contributed by atoms with Crippen LogP contribution in [0.5, 0.6) is 5.75 Å². The normalized spacial score (nSPS) is 21.8. The highest BCUT2D eigenvalue weighted by Crippen LogP contribution is 2.55. The molecule has 0 aromatic heterocycles. The van der Waals surface area contributed by atoms with Crippen LogP contribution in [0.3, 0.4) is 0 Å². The van der Waals surface area contributed by atoms with Crippen molar-refractivity contribution >= 4 is 28.8 Å². The van der Waals surface area contributed by atoms with Gasteiger partial charge in [-0.05, 0) is 54.5 Å². The summed E-state index contributed by atoms with van der Waals surface area (Å²) in [5.41, 5.74) is 2.31. The van der Waals surface area contributed by atoms with E-state index in [9.17, 15) is 4.79 Å². The number of benzene rings is 3. The number of carbonyl (C=O) groups is 1. The van der Waals surface area contributed by atoms with Crippen LogP contribution in [0, 0.1) is 0 Å². The molecule has 2 aliphatic heterocycles. The van der Waals surface area contributed by atoms with Crippen LogP contribution in [0.4, 0.5) is 5.69 Å². The van der Waals surface area contributed by atoms with Gasteiger partial charge in [-0.2, -0.15) is 0 Å². The highest BCUT2D eigenvalue weighted by atomic mass is 16.5. The van der Waals surface area contributed by atoms with Crippen LogP contribution in [-0.2, 0) is 10.2 Å². The molecule has 3 aromatic rings. The highest BCUT2D eigenvalue weighted by molar-refractivity contribution is 5.94. The third-order valence-electron chi connectivity index (χ3n) is 6.09. The molecule has 1 unspecified atom stereocenters. The Morgan fingerprint density at radius 2 is 1.78 bits per heavy atom. The summed E-state index contributed by atoms with van der Waals surface area (Å²) in [5.74, 6) is 0.855. The minimum Gasteiger partial charge on any atom is -0.463 e. The highest BCUT2D eigenvalue weighted by Gasteiger charge is 2.58. The van der Waals surface area contributed by atoms with Gasteiger partial charge >= 0.3 is 0 Å². The second kappa shape index (κ2) is 5.46. The van der Waals surface area contributed by atoms with E-state index >= 15 is 0 Å². The molecule has 2 heterocycles. The smallest absolute Gasteiger partial charge is 0.212 e. The first-order valence-corrected chi connectivity index (χ1v) is 9.29. The number of ether oxygens (including phenoxy) is 1. The Kier molecular flexibility index (Phi) is 3.26. The molecule has 27 heavy (non-hydrogen) atoms. The summed E-state index contributed by atoms with van der Waals surface area (Å²) < 4.78 is 6.73. The third-order valence-corrected chi connectivity index (χ3v) is 6.09. The van der Waals surface area contributed by atoms with Gasteiger partial charge in [0.05, 0.1) is 12.0 Å². The largest absolute Gasteiger partial charge is 0.463 e. The van der Waals surface area contributed by atoms with E-state index in [0.717, 1.165) is 23.3 Å². The molecule has 5 rings (SSSR count). The van der Waals surface area contributed by atoms with Crippen molar-refractivity contribution in [1.82, 2.24) is 0 Å². The first-order valence-electron chi connectivity index (χ1n) is 9.29. The summed E-state index contributed by atoms with van der Waals surface area (Å²) >= 11 is 0. The summed E-state index contributed by atoms with van der Waals surface area (Å²) in [6.07, 6.45) is 5.24. The zero-order valence-electron chi connectivity index (χ0n) is 15.5. The maximum Gasteiger partial charge on any atom is 0.212 e. The van der Waals surface area contributed by atoms with Gasteiger partial charge in [-0.3, -0.25) is 0 Å². The van der Waals surface area contributed by atoms with Gasteiger partial charge in [0.25, 0.3) is 0 Å². The summed E-state index contributed by atoms with van der Waals surface area (Å²) in [5, 5.41) is 2.37. The molecule has 0 saturated heterocycles. The van der Waals surface area contributed by atoms with Crippen molar-refractivity contribution in [2.45, 2.75) is 25.0 Å². The summed E-state index contributed by atoms with van der Waals surface area (Å²) in [6, 6.07) is 20.7. The summed E-state index contributed by atoms with van der Waals surface area (Å²) in [4.78, 5) is 13.6. The number of nitrogens with zero attached hydrogens (tertiary/aromatic N) is 1. The number of fused-ring (bicyclic) bond motifs is 4. The van der Waals surface area contributed by atoms with Crippen LogP contribution in [0.15, 0.2) is 66.7 Å². The Labute approximate surface area is 158 Å². The minimum atomic E-state index is -0.729. The van der Waals surface area contributed by atoms with Gasteiger partial charge in [0, 0.05) is 11.3 Å². The molecular formula is C24H21NO2. The molecule has 3 heteroatoms. The van der Waals surface area contributed by atoms with E-state index in [4.69, 9.17) is 4.74 Å². The monoisotopic (exact) mass is 355 g/mol. The molecule has 3 nitrogen and oxygen atoms in total. The van der Waals surface area contributed by atoms with Gasteiger partial charge in [-0.1, -0.05) is 48.5 Å². The Morgan fingerprint density at radius 1 is 1.00 bits per heavy atom. The molecule has 1 atom stereocenters. The predicted molar refractivity (Wildman–Crippen MR) is 109 cm³/mol. The number of anilines is 1. The second-order valence-corrected chi connectivity index (χ2v) is 7.75. The second-order valence-electron chi connectivity index (χ2n) is 7.75. The molecular weight excluding hydrogens is 334 g/mol. The van der Waals surface area contributed by atoms with E-state index in [0.29, 0.717) is 0 Å². The Bertz CT molecular complexity index is 1100. The van der Waals surface area contributed by atoms with E-state index in [1.807, 2.05) is 24.3 Å². The average molecular weight is 355 g/mol. The van der Waals surface area contributed by atoms with Crippen molar-refractivity contribution in [2.75, 3.05) is 11.4 Å². The third kappa shape index (κ3) is 2.00. The average Bonchev–Trinajstić information content (AvgIpc) is 2.87. The number of aldehydes is 1. The van der Waals surface area contributed by atoms with E-state index in [-0.39, 0.29) is 12.0 Å². The van der Waals surface area contributed by atoms with Crippen LogP contribution < -0.4 is 9.64 Å². The Hall–Kier alpha value is -3.07. The van der Waals surface area contributed by atoms with Crippen molar-refractivity contribution in [1.29, 1.82) is 0 Å². The van der Waals surface area contributed by atoms with Crippen LogP contribution in [0.25, 0.3) is 16.8 Å². The first-order chi connectivity index (χ1) is 13.1. The number of para-hydroxylation sites is 1. The topological polar surface area (TPSA) is 29.5 Å². The summed E-state index contributed by atoms with van der Waals surface area (Å²) in [6.45, 7) is 4.66. The van der Waals surface area contributed by atoms with Crippen molar-refractivity contribution < 1.29 is 9.53 Å². The zero-order chi connectivity index (χ0) is 18.6. The number of hydrogen-bond acceptors (Lipinski definition) is 3. The minimum absolute atomic E-state index is 0.285. The lowest BCUT2D eigenvalue weighted by Gasteiger charge is -2.46. The van der Waals surface area contributed by atoms with Gasteiger partial charge in [-0.15, -0.1) is 0 Å². The van der Waals surface area contributed by atoms with E-state index in [1.54, 1.807) is 0 Å². The molecule has 134 valence electrons. The molecule has 2 aliphatic rings. The van der Waals surface area contributed by atoms with Crippen LogP contribution in [0.2, 0.25) is 0 Å². The molecule has 0 amide bonds. The molecule has 0 fully saturated rings. The fourth-order valence-corrected chi connectivity index (χ4v) is 4.67. The lowest BCUT2D eigenvalue weighted by molar-refractivity contribution is -0.107. The molecule has 0 saturated carbocycles. The van der Waals surface area contributed by atoms with Crippen LogP contribution in [-0.4, -0.2) is 18.6 Å². The van der Waals surface area contributed by atoms with E-state index < -0.39 is 5.72 Å². The van der Waals surface area contributed by atoms with Crippen molar-refractivity contribution in [3.63, 3.8) is 0 Å². The zero-order valence-corrected chi connectivity index (χ0v) is 15.5. The quantitative estimate of drug-likeness (QED) is 0.610. The fraction of sp³-hybridized carbons (Fsp3) is 0.208. The summed E-state index contributed by atoms with van der Waals surface area (Å²) in [7, 11) is 0. The van der Waals surface area contributed by atoms with E-state index in [2.05, 4.69) is 67.3 Å².